The van der Waals surface area contributed by atoms with Crippen molar-refractivity contribution in [1.82, 2.24) is 0 Å². The van der Waals surface area contributed by atoms with Crippen LogP contribution in [0.2, 0.25) is 0 Å². The molecule has 3 N–H and O–H groups in total. The van der Waals surface area contributed by atoms with Crippen molar-refractivity contribution < 1.29 is 24.0 Å². The highest BCUT2D eigenvalue weighted by atomic mass is 16.5. The van der Waals surface area contributed by atoms with Crippen LogP contribution in [0, 0.1) is 0 Å². The highest BCUT2D eigenvalue weighted by molar-refractivity contribution is 5.94. The van der Waals surface area contributed by atoms with Crippen molar-refractivity contribution in [3.8, 4) is 11.5 Å². The number of nitrogens with one attached hydrogen (secondary N) is 3. The monoisotopic (exact) mass is 400 g/mol. The lowest BCUT2D eigenvalue weighted by atomic mass is 10.2. The molecular formula is C22H30N3O4+. The van der Waals surface area contributed by atoms with Crippen molar-refractivity contribution in [2.75, 3.05) is 37.4 Å². The number of hydrogen-bond donors (Lipinski definition) is 3. The number of para-hydroxylation sites is 1. The smallest absolute Gasteiger partial charge is 0.282 e. The molecule has 0 aliphatic rings. The number of anilines is 2. The van der Waals surface area contributed by atoms with Gasteiger partial charge in [-0.15, -0.1) is 0 Å². The molecular weight excluding hydrogens is 370 g/mol. The van der Waals surface area contributed by atoms with Gasteiger partial charge in [0.25, 0.3) is 11.8 Å². The van der Waals surface area contributed by atoms with Gasteiger partial charge in [-0.25, -0.2) is 0 Å². The van der Waals surface area contributed by atoms with Crippen molar-refractivity contribution in [2.24, 2.45) is 0 Å². The summed E-state index contributed by atoms with van der Waals surface area (Å²) < 4.78 is 11.1. The molecule has 2 atom stereocenters. The first-order valence-corrected chi connectivity index (χ1v) is 9.82. The average molecular weight is 400 g/mol. The third-order valence-corrected chi connectivity index (χ3v) is 4.44. The highest BCUT2D eigenvalue weighted by Gasteiger charge is 2.24. The van der Waals surface area contributed by atoms with E-state index >= 15 is 0 Å². The lowest BCUT2D eigenvalue weighted by Gasteiger charge is -2.21. The second-order valence-electron chi connectivity index (χ2n) is 6.68. The average Bonchev–Trinajstić information content (AvgIpc) is 2.70. The third-order valence-electron chi connectivity index (χ3n) is 4.44. The Hall–Kier alpha value is -3.06. The van der Waals surface area contributed by atoms with E-state index in [1.807, 2.05) is 51.2 Å². The normalized spacial score (nSPS) is 12.6. The minimum absolute atomic E-state index is 0.138. The van der Waals surface area contributed by atoms with Crippen molar-refractivity contribution in [2.45, 2.75) is 26.8 Å². The molecule has 0 saturated heterocycles. The zero-order valence-corrected chi connectivity index (χ0v) is 17.5. The Morgan fingerprint density at radius 2 is 1.59 bits per heavy atom. The van der Waals surface area contributed by atoms with Crippen LogP contribution in [0.4, 0.5) is 11.4 Å². The van der Waals surface area contributed by atoms with E-state index in [1.54, 1.807) is 25.1 Å². The summed E-state index contributed by atoms with van der Waals surface area (Å²) in [4.78, 5) is 25.7. The molecule has 7 nitrogen and oxygen atoms in total. The standard InChI is InChI=1S/C22H29N3O4/c1-5-28-19-13-12-18(14-20(19)29-6-2)23-21(26)15-25(4)16(3)22(27)24-17-10-8-7-9-11-17/h7-14,16H,5-6,15H2,1-4H3,(H,23,26)(H,24,27)/p+1/t16-/m1/s1. The van der Waals surface area contributed by atoms with Crippen LogP contribution < -0.4 is 25.0 Å². The minimum atomic E-state index is -0.389. The Kier molecular flexibility index (Phi) is 8.48. The molecule has 2 amide bonds. The summed E-state index contributed by atoms with van der Waals surface area (Å²) in [7, 11) is 1.82. The van der Waals surface area contributed by atoms with Gasteiger partial charge >= 0.3 is 0 Å². The molecule has 0 spiro atoms. The summed E-state index contributed by atoms with van der Waals surface area (Å²) in [5.74, 6) is 0.902. The quantitative estimate of drug-likeness (QED) is 0.570. The maximum Gasteiger partial charge on any atom is 0.282 e. The second kappa shape index (κ2) is 11.1. The number of hydrogen-bond acceptors (Lipinski definition) is 4. The predicted molar refractivity (Wildman–Crippen MR) is 114 cm³/mol. The van der Waals surface area contributed by atoms with Gasteiger partial charge in [-0.2, -0.15) is 0 Å². The number of likely N-dealkylation sites (N-methyl/N-ethyl adjacent to an activating group) is 1. The topological polar surface area (TPSA) is 81.1 Å². The lowest BCUT2D eigenvalue weighted by molar-refractivity contribution is -0.885. The zero-order chi connectivity index (χ0) is 21.2. The van der Waals surface area contributed by atoms with Crippen LogP contribution in [0.25, 0.3) is 0 Å². The molecule has 0 fully saturated rings. The van der Waals surface area contributed by atoms with E-state index in [0.717, 1.165) is 10.6 Å². The fourth-order valence-electron chi connectivity index (χ4n) is 2.74. The molecule has 29 heavy (non-hydrogen) atoms. The Morgan fingerprint density at radius 3 is 2.24 bits per heavy atom. The van der Waals surface area contributed by atoms with Gasteiger partial charge in [0.1, 0.15) is 0 Å². The number of amides is 2. The van der Waals surface area contributed by atoms with Crippen LogP contribution in [0.1, 0.15) is 20.8 Å². The molecule has 0 radical (unpaired) electrons. The summed E-state index contributed by atoms with van der Waals surface area (Å²) in [6.07, 6.45) is 0. The maximum absolute atomic E-state index is 12.5. The summed E-state index contributed by atoms with van der Waals surface area (Å²) >= 11 is 0. The summed E-state index contributed by atoms with van der Waals surface area (Å²) in [5, 5.41) is 5.72. The van der Waals surface area contributed by atoms with E-state index in [0.29, 0.717) is 30.4 Å². The number of rotatable bonds is 10. The Morgan fingerprint density at radius 1 is 0.931 bits per heavy atom. The van der Waals surface area contributed by atoms with Crippen LogP contribution in [0.15, 0.2) is 48.5 Å². The zero-order valence-electron chi connectivity index (χ0n) is 17.5. The summed E-state index contributed by atoms with van der Waals surface area (Å²) in [6.45, 7) is 6.77. The molecule has 7 heteroatoms. The molecule has 0 heterocycles. The van der Waals surface area contributed by atoms with Crippen molar-refractivity contribution in [3.63, 3.8) is 0 Å². The van der Waals surface area contributed by atoms with E-state index in [-0.39, 0.29) is 24.4 Å². The molecule has 2 rings (SSSR count). The van der Waals surface area contributed by atoms with Crippen LogP contribution in [0.3, 0.4) is 0 Å². The van der Waals surface area contributed by atoms with Gasteiger partial charge in [-0.3, -0.25) is 9.59 Å². The van der Waals surface area contributed by atoms with E-state index in [4.69, 9.17) is 9.47 Å². The third kappa shape index (κ3) is 6.80. The van der Waals surface area contributed by atoms with Gasteiger partial charge in [-0.1, -0.05) is 18.2 Å². The summed E-state index contributed by atoms with van der Waals surface area (Å²) in [6, 6.07) is 14.2. The molecule has 2 aromatic rings. The number of carbonyl (C=O) groups is 2. The van der Waals surface area contributed by atoms with Gasteiger partial charge in [0, 0.05) is 17.4 Å². The first kappa shape index (κ1) is 22.2. The number of carbonyl (C=O) groups excluding carboxylic acids is 2. The first-order valence-electron chi connectivity index (χ1n) is 9.82. The van der Waals surface area contributed by atoms with Crippen molar-refractivity contribution in [1.29, 1.82) is 0 Å². The molecule has 0 aliphatic carbocycles. The van der Waals surface area contributed by atoms with E-state index in [9.17, 15) is 9.59 Å². The van der Waals surface area contributed by atoms with E-state index < -0.39 is 0 Å². The number of quaternary nitrogens is 1. The van der Waals surface area contributed by atoms with Crippen molar-refractivity contribution >= 4 is 23.2 Å². The van der Waals surface area contributed by atoms with Gasteiger partial charge in [-0.05, 0) is 45.0 Å². The maximum atomic E-state index is 12.5. The van der Waals surface area contributed by atoms with Crippen LogP contribution in [-0.4, -0.2) is 44.7 Å². The molecule has 0 saturated carbocycles. The van der Waals surface area contributed by atoms with Gasteiger partial charge in [0.05, 0.1) is 20.3 Å². The number of ether oxygens (including phenoxy) is 2. The molecule has 156 valence electrons. The van der Waals surface area contributed by atoms with E-state index in [2.05, 4.69) is 10.6 Å². The van der Waals surface area contributed by atoms with Crippen LogP contribution in [0.5, 0.6) is 11.5 Å². The second-order valence-corrected chi connectivity index (χ2v) is 6.68. The van der Waals surface area contributed by atoms with Gasteiger partial charge in [0.2, 0.25) is 0 Å². The SMILES string of the molecule is CCOc1ccc(NC(=O)C[NH+](C)[C@H](C)C(=O)Nc2ccccc2)cc1OCC. The number of benzene rings is 2. The van der Waals surface area contributed by atoms with Gasteiger partial charge in [0.15, 0.2) is 24.1 Å². The van der Waals surface area contributed by atoms with Gasteiger partial charge < -0.3 is 25.0 Å². The Bertz CT molecular complexity index is 811. The minimum Gasteiger partial charge on any atom is -0.490 e. The lowest BCUT2D eigenvalue weighted by Crippen LogP contribution is -3.14. The molecule has 0 aliphatic heterocycles. The molecule has 0 bridgehead atoms. The fourth-order valence-corrected chi connectivity index (χ4v) is 2.74. The Balaban J connectivity index is 1.93. The van der Waals surface area contributed by atoms with E-state index in [1.165, 1.54) is 0 Å². The predicted octanol–water partition coefficient (Wildman–Crippen LogP) is 1.96. The van der Waals surface area contributed by atoms with Crippen molar-refractivity contribution in [3.05, 3.63) is 48.5 Å². The summed E-state index contributed by atoms with van der Waals surface area (Å²) in [5.41, 5.74) is 1.36. The van der Waals surface area contributed by atoms with Crippen LogP contribution >= 0.6 is 0 Å². The fraction of sp³-hybridized carbons (Fsp3) is 0.364. The molecule has 2 aromatic carbocycles. The largest absolute Gasteiger partial charge is 0.490 e. The molecule has 1 unspecified atom stereocenters. The highest BCUT2D eigenvalue weighted by Crippen LogP contribution is 2.30. The Labute approximate surface area is 172 Å². The first-order chi connectivity index (χ1) is 13.9. The van der Waals surface area contributed by atoms with Crippen LogP contribution in [-0.2, 0) is 9.59 Å². The molecule has 0 aromatic heterocycles.